The van der Waals surface area contributed by atoms with Gasteiger partial charge in [-0.3, -0.25) is 0 Å². The van der Waals surface area contributed by atoms with Crippen LogP contribution in [0.4, 0.5) is 0 Å². The molecular weight excluding hydrogens is 176 g/mol. The molecule has 0 N–H and O–H groups in total. The van der Waals surface area contributed by atoms with Crippen molar-refractivity contribution in [1.29, 1.82) is 0 Å². The minimum absolute atomic E-state index is 0.693. The summed E-state index contributed by atoms with van der Waals surface area (Å²) in [7, 11) is 1.12. The van der Waals surface area contributed by atoms with Crippen LogP contribution in [0.25, 0.3) is 0 Å². The van der Waals surface area contributed by atoms with Crippen LogP contribution in [-0.2, 0) is 4.43 Å². The Kier molecular flexibility index (Phi) is 3.12. The second-order valence-electron chi connectivity index (χ2n) is 4.06. The van der Waals surface area contributed by atoms with Crippen molar-refractivity contribution in [1.82, 2.24) is 0 Å². The van der Waals surface area contributed by atoms with Gasteiger partial charge >= 0.3 is 0 Å². The van der Waals surface area contributed by atoms with Crippen molar-refractivity contribution >= 4 is 13.8 Å². The molecule has 0 amide bonds. The molecule has 0 spiro atoms. The van der Waals surface area contributed by atoms with Gasteiger partial charge < -0.3 is 4.43 Å². The summed E-state index contributed by atoms with van der Waals surface area (Å²) in [5.74, 6) is 1.41. The predicted octanol–water partition coefficient (Wildman–Crippen LogP) is 2.63. The molecule has 0 radical (unpaired) electrons. The van der Waals surface area contributed by atoms with Crippen molar-refractivity contribution in [2.75, 3.05) is 7.11 Å². The fraction of sp³-hybridized carbons (Fsp3) is 0.727. The minimum atomic E-state index is -0.710. The molecule has 0 fully saturated rings. The van der Waals surface area contributed by atoms with Crippen LogP contribution < -0.4 is 0 Å². The molecule has 0 aromatic carbocycles. The van der Waals surface area contributed by atoms with Gasteiger partial charge in [0, 0.05) is 0 Å². The molecule has 0 saturated carbocycles. The first-order valence-corrected chi connectivity index (χ1v) is 6.84. The van der Waals surface area contributed by atoms with Crippen LogP contribution in [0.2, 0.25) is 6.55 Å². The first-order chi connectivity index (χ1) is 6.00. The highest BCUT2D eigenvalue weighted by Crippen LogP contribution is 2.33. The summed E-state index contributed by atoms with van der Waals surface area (Å²) in [6, 6.07) is 0. The number of rotatable bonds is 1. The fourth-order valence-corrected chi connectivity index (χ4v) is 4.05. The van der Waals surface area contributed by atoms with Gasteiger partial charge in [-0.25, -0.2) is 0 Å². The molecule has 0 unspecified atom stereocenters. The average Bonchev–Trinajstić information content (AvgIpc) is 2.30. The van der Waals surface area contributed by atoms with E-state index >= 15 is 0 Å². The zero-order chi connectivity index (χ0) is 10.2. The van der Waals surface area contributed by atoms with Crippen molar-refractivity contribution in [2.24, 2.45) is 11.8 Å². The van der Waals surface area contributed by atoms with Crippen LogP contribution in [0.3, 0.4) is 0 Å². The first-order valence-electron chi connectivity index (χ1n) is 4.93. The second-order valence-corrected chi connectivity index (χ2v) is 6.12. The molecule has 2 atom stereocenters. The van der Waals surface area contributed by atoms with Crippen LogP contribution in [0.5, 0.6) is 0 Å². The average molecular weight is 196 g/mol. The maximum Gasteiger partial charge on any atom is 0.232 e. The van der Waals surface area contributed by atoms with E-state index in [4.69, 9.17) is 4.43 Å². The topological polar surface area (TPSA) is 9.23 Å². The smallest absolute Gasteiger partial charge is 0.232 e. The Morgan fingerprint density at radius 2 is 1.69 bits per heavy atom. The van der Waals surface area contributed by atoms with Crippen LogP contribution in [-0.4, -0.2) is 20.9 Å². The highest BCUT2D eigenvalue weighted by Gasteiger charge is 2.30. The third-order valence-corrected chi connectivity index (χ3v) is 5.77. The van der Waals surface area contributed by atoms with E-state index in [0.717, 1.165) is 0 Å². The zero-order valence-electron chi connectivity index (χ0n) is 9.56. The maximum absolute atomic E-state index is 5.50. The fourth-order valence-electron chi connectivity index (χ4n) is 2.22. The monoisotopic (exact) mass is 196 g/mol. The van der Waals surface area contributed by atoms with E-state index in [2.05, 4.69) is 34.2 Å². The van der Waals surface area contributed by atoms with Gasteiger partial charge in [0.2, 0.25) is 8.65 Å². The molecule has 1 rings (SSSR count). The van der Waals surface area contributed by atoms with E-state index < -0.39 is 8.65 Å². The lowest BCUT2D eigenvalue weighted by atomic mass is 9.96. The van der Waals surface area contributed by atoms with E-state index in [-0.39, 0.29) is 0 Å². The van der Waals surface area contributed by atoms with Crippen LogP contribution in [0, 0.1) is 11.8 Å². The van der Waals surface area contributed by atoms with Crippen molar-refractivity contribution < 1.29 is 4.43 Å². The molecule has 1 nitrogen and oxygen atoms in total. The summed E-state index contributed by atoms with van der Waals surface area (Å²) in [5, 5.41) is 1.59. The summed E-state index contributed by atoms with van der Waals surface area (Å²) >= 11 is 0. The molecule has 2 heteroatoms. The van der Waals surface area contributed by atoms with E-state index in [1.54, 1.807) is 10.7 Å². The van der Waals surface area contributed by atoms with Crippen LogP contribution >= 0.6 is 0 Å². The lowest BCUT2D eigenvalue weighted by molar-refractivity contribution is 0.440. The number of hydrogen-bond acceptors (Lipinski definition) is 1. The molecule has 0 heterocycles. The normalized spacial score (nSPS) is 32.5. The molecule has 74 valence electrons. The van der Waals surface area contributed by atoms with Crippen molar-refractivity contribution in [3.05, 3.63) is 11.1 Å². The molecular formula is C11H20OSi. The summed E-state index contributed by atoms with van der Waals surface area (Å²) in [6.45, 7) is 11.4. The third-order valence-electron chi connectivity index (χ3n) is 3.57. The van der Waals surface area contributed by atoms with Gasteiger partial charge in [-0.15, -0.1) is 0 Å². The van der Waals surface area contributed by atoms with Gasteiger partial charge in [-0.1, -0.05) is 19.4 Å². The molecule has 0 aromatic heterocycles. The zero-order valence-corrected chi connectivity index (χ0v) is 10.6. The summed E-state index contributed by atoms with van der Waals surface area (Å²) in [5.41, 5.74) is 3.07. The SMILES string of the molecule is CO/[Si](C)=C1/C(C)=C(C)[C@H](C)[C@@H]1C. The second kappa shape index (κ2) is 3.78. The van der Waals surface area contributed by atoms with E-state index in [1.807, 2.05) is 7.11 Å². The first kappa shape index (κ1) is 10.7. The van der Waals surface area contributed by atoms with Crippen LogP contribution in [0.1, 0.15) is 27.7 Å². The Morgan fingerprint density at radius 1 is 1.15 bits per heavy atom. The van der Waals surface area contributed by atoms with E-state index in [1.165, 1.54) is 5.57 Å². The molecule has 0 bridgehead atoms. The van der Waals surface area contributed by atoms with E-state index in [0.29, 0.717) is 11.8 Å². The highest BCUT2D eigenvalue weighted by atomic mass is 28.3. The Morgan fingerprint density at radius 3 is 2.00 bits per heavy atom. The van der Waals surface area contributed by atoms with Crippen molar-refractivity contribution in [3.8, 4) is 0 Å². The lowest BCUT2D eigenvalue weighted by Crippen LogP contribution is -2.22. The quantitative estimate of drug-likeness (QED) is 0.586. The predicted molar refractivity (Wildman–Crippen MR) is 60.3 cm³/mol. The Bertz CT molecular complexity index is 276. The van der Waals surface area contributed by atoms with Crippen molar-refractivity contribution in [2.45, 2.75) is 34.2 Å². The summed E-state index contributed by atoms with van der Waals surface area (Å²) in [6.07, 6.45) is 0. The van der Waals surface area contributed by atoms with Gasteiger partial charge in [0.1, 0.15) is 0 Å². The van der Waals surface area contributed by atoms with Crippen molar-refractivity contribution in [3.63, 3.8) is 0 Å². The third kappa shape index (κ3) is 1.64. The molecule has 1 aliphatic carbocycles. The standard InChI is InChI=1S/C11H20OSi/c1-7-8(2)10(4)11(9(7)3)13(6)12-5/h7,9H,1-6H3/b13-11+/t7-,9-/m0/s1. The number of allylic oxidation sites excluding steroid dienone is 2. The summed E-state index contributed by atoms with van der Waals surface area (Å²) in [4.78, 5) is 0. The molecule has 0 aromatic rings. The van der Waals surface area contributed by atoms with Gasteiger partial charge in [0.25, 0.3) is 0 Å². The Labute approximate surface area is 83.1 Å². The van der Waals surface area contributed by atoms with Gasteiger partial charge in [0.05, 0.1) is 7.11 Å². The molecule has 1 aliphatic rings. The van der Waals surface area contributed by atoms with Gasteiger partial charge in [-0.05, 0) is 43.0 Å². The molecule has 13 heavy (non-hydrogen) atoms. The molecule has 0 aliphatic heterocycles. The minimum Gasteiger partial charge on any atom is -0.553 e. The van der Waals surface area contributed by atoms with Gasteiger partial charge in [-0.2, -0.15) is 0 Å². The number of hydrogen-bond donors (Lipinski definition) is 0. The molecule has 0 saturated heterocycles. The summed E-state index contributed by atoms with van der Waals surface area (Å²) < 4.78 is 5.50. The van der Waals surface area contributed by atoms with E-state index in [9.17, 15) is 0 Å². The highest BCUT2D eigenvalue weighted by molar-refractivity contribution is 6.68. The largest absolute Gasteiger partial charge is 0.553 e. The Hall–Kier alpha value is -0.373. The van der Waals surface area contributed by atoms with Gasteiger partial charge in [0.15, 0.2) is 0 Å². The lowest BCUT2D eigenvalue weighted by Gasteiger charge is -2.14. The Balaban J connectivity index is 3.16. The van der Waals surface area contributed by atoms with Crippen LogP contribution in [0.15, 0.2) is 11.1 Å². The maximum atomic E-state index is 5.50.